The van der Waals surface area contributed by atoms with Crippen molar-refractivity contribution in [2.75, 3.05) is 6.54 Å². The van der Waals surface area contributed by atoms with Crippen LogP contribution in [0.4, 0.5) is 13.2 Å². The van der Waals surface area contributed by atoms with Crippen molar-refractivity contribution in [3.05, 3.63) is 71.8 Å². The second-order valence-corrected chi connectivity index (χ2v) is 8.00. The highest BCUT2D eigenvalue weighted by Gasteiger charge is 2.36. The van der Waals surface area contributed by atoms with E-state index in [2.05, 4.69) is 25.1 Å². The van der Waals surface area contributed by atoms with Crippen LogP contribution in [0.3, 0.4) is 0 Å². The van der Waals surface area contributed by atoms with Gasteiger partial charge in [-0.1, -0.05) is 28.9 Å². The first kappa shape index (κ1) is 22.6. The van der Waals surface area contributed by atoms with Gasteiger partial charge in [-0.05, 0) is 44.0 Å². The third kappa shape index (κ3) is 4.59. The summed E-state index contributed by atoms with van der Waals surface area (Å²) in [6.45, 7) is 2.34. The van der Waals surface area contributed by atoms with Crippen LogP contribution in [0.5, 0.6) is 5.75 Å². The Morgan fingerprint density at radius 2 is 1.91 bits per heavy atom. The standard InChI is InChI=1S/C23H19F3N6O3/c1-14-8-9-17(32-27-10-11-28-32)16(13-14)22(33)31-12-4-6-18(31)20-29-21(35-30-20)15-5-2-3-7-19(15)34-23(24,25)26/h2-3,5,7-11,13,18H,4,6,12H2,1H3. The first-order chi connectivity index (χ1) is 16.8. The van der Waals surface area contributed by atoms with Crippen molar-refractivity contribution in [2.24, 2.45) is 0 Å². The number of aryl methyl sites for hydroxylation is 1. The topological polar surface area (TPSA) is 99.2 Å². The Bertz CT molecular complexity index is 1350. The van der Waals surface area contributed by atoms with Crippen LogP contribution in [0, 0.1) is 6.92 Å². The fourth-order valence-corrected chi connectivity index (χ4v) is 4.11. The molecule has 1 unspecified atom stereocenters. The summed E-state index contributed by atoms with van der Waals surface area (Å²) in [4.78, 5) is 20.9. The lowest BCUT2D eigenvalue weighted by Crippen LogP contribution is -2.32. The molecular formula is C23H19F3N6O3. The van der Waals surface area contributed by atoms with Gasteiger partial charge in [0.1, 0.15) is 5.75 Å². The van der Waals surface area contributed by atoms with Crippen molar-refractivity contribution in [2.45, 2.75) is 32.2 Å². The van der Waals surface area contributed by atoms with E-state index in [1.165, 1.54) is 41.5 Å². The zero-order valence-corrected chi connectivity index (χ0v) is 18.4. The van der Waals surface area contributed by atoms with E-state index in [1.807, 2.05) is 13.0 Å². The number of nitrogens with zero attached hydrogens (tertiary/aromatic N) is 6. The largest absolute Gasteiger partial charge is 0.573 e. The van der Waals surface area contributed by atoms with Crippen LogP contribution in [0.15, 0.2) is 59.4 Å². The summed E-state index contributed by atoms with van der Waals surface area (Å²) >= 11 is 0. The van der Waals surface area contributed by atoms with Gasteiger partial charge in [0.05, 0.1) is 35.2 Å². The van der Waals surface area contributed by atoms with Gasteiger partial charge in [0.15, 0.2) is 5.82 Å². The molecule has 0 radical (unpaired) electrons. The summed E-state index contributed by atoms with van der Waals surface area (Å²) in [5.41, 5.74) is 1.84. The maximum Gasteiger partial charge on any atom is 0.573 e. The lowest BCUT2D eigenvalue weighted by molar-refractivity contribution is -0.274. The van der Waals surface area contributed by atoms with Crippen molar-refractivity contribution >= 4 is 5.91 Å². The number of halogens is 3. The van der Waals surface area contributed by atoms with Crippen molar-refractivity contribution in [3.8, 4) is 22.9 Å². The minimum Gasteiger partial charge on any atom is -0.405 e. The summed E-state index contributed by atoms with van der Waals surface area (Å²) in [6.07, 6.45) is -0.549. The third-order valence-electron chi connectivity index (χ3n) is 5.61. The minimum atomic E-state index is -4.87. The van der Waals surface area contributed by atoms with E-state index < -0.39 is 18.2 Å². The SMILES string of the molecule is Cc1ccc(-n2nccn2)c(C(=O)N2CCCC2c2noc(-c3ccccc3OC(F)(F)F)n2)c1. The van der Waals surface area contributed by atoms with E-state index in [1.54, 1.807) is 17.0 Å². The fourth-order valence-electron chi connectivity index (χ4n) is 4.11. The number of carbonyl (C=O) groups excluding carboxylic acids is 1. The fraction of sp³-hybridized carbons (Fsp3) is 0.261. The lowest BCUT2D eigenvalue weighted by Gasteiger charge is -2.23. The molecule has 1 aliphatic heterocycles. The molecule has 4 aromatic rings. The molecule has 0 N–H and O–H groups in total. The molecule has 9 nitrogen and oxygen atoms in total. The molecule has 0 bridgehead atoms. The monoisotopic (exact) mass is 484 g/mol. The predicted octanol–water partition coefficient (Wildman–Crippen LogP) is 4.50. The van der Waals surface area contributed by atoms with Gasteiger partial charge in [-0.3, -0.25) is 4.79 Å². The van der Waals surface area contributed by atoms with Crippen LogP contribution in [0.25, 0.3) is 17.1 Å². The van der Waals surface area contributed by atoms with Crippen LogP contribution in [0.2, 0.25) is 0 Å². The number of amides is 1. The number of rotatable bonds is 5. The normalized spacial score (nSPS) is 16.0. The number of alkyl halides is 3. The first-order valence-electron chi connectivity index (χ1n) is 10.8. The van der Waals surface area contributed by atoms with Gasteiger partial charge in [-0.25, -0.2) is 0 Å². The molecule has 1 amide bonds. The molecular weight excluding hydrogens is 465 g/mol. The van der Waals surface area contributed by atoms with Gasteiger partial charge in [0.2, 0.25) is 0 Å². The van der Waals surface area contributed by atoms with Crippen LogP contribution >= 0.6 is 0 Å². The summed E-state index contributed by atoms with van der Waals surface area (Å²) in [6, 6.07) is 10.4. The zero-order chi connectivity index (χ0) is 24.6. The Kier molecular flexibility index (Phi) is 5.71. The van der Waals surface area contributed by atoms with Gasteiger partial charge in [0.25, 0.3) is 11.8 Å². The summed E-state index contributed by atoms with van der Waals surface area (Å²) in [5, 5.41) is 12.3. The number of ether oxygens (including phenoxy) is 1. The lowest BCUT2D eigenvalue weighted by atomic mass is 10.1. The number of benzene rings is 2. The average Bonchev–Trinajstić information content (AvgIpc) is 3.59. The van der Waals surface area contributed by atoms with Crippen molar-refractivity contribution in [3.63, 3.8) is 0 Å². The molecule has 2 aromatic carbocycles. The van der Waals surface area contributed by atoms with E-state index in [-0.39, 0.29) is 23.2 Å². The van der Waals surface area contributed by atoms with E-state index in [4.69, 9.17) is 4.52 Å². The van der Waals surface area contributed by atoms with E-state index in [9.17, 15) is 18.0 Å². The molecule has 1 fully saturated rings. The van der Waals surface area contributed by atoms with E-state index in [0.717, 1.165) is 5.56 Å². The summed E-state index contributed by atoms with van der Waals surface area (Å²) in [7, 11) is 0. The highest BCUT2D eigenvalue weighted by Crippen LogP contribution is 2.36. The molecule has 1 saturated heterocycles. The minimum absolute atomic E-state index is 0.00479. The van der Waals surface area contributed by atoms with Gasteiger partial charge >= 0.3 is 6.36 Å². The Morgan fingerprint density at radius 1 is 1.14 bits per heavy atom. The number of hydrogen-bond donors (Lipinski definition) is 0. The summed E-state index contributed by atoms with van der Waals surface area (Å²) < 4.78 is 47.8. The molecule has 1 aliphatic rings. The highest BCUT2D eigenvalue weighted by atomic mass is 19.4. The third-order valence-corrected chi connectivity index (χ3v) is 5.61. The van der Waals surface area contributed by atoms with E-state index in [0.29, 0.717) is 30.6 Å². The van der Waals surface area contributed by atoms with Gasteiger partial charge in [-0.2, -0.15) is 20.0 Å². The molecule has 35 heavy (non-hydrogen) atoms. The number of para-hydroxylation sites is 1. The van der Waals surface area contributed by atoms with Crippen molar-refractivity contribution in [1.82, 2.24) is 30.0 Å². The Labute approximate surface area is 197 Å². The molecule has 5 rings (SSSR count). The second-order valence-electron chi connectivity index (χ2n) is 8.00. The zero-order valence-electron chi connectivity index (χ0n) is 18.4. The molecule has 2 aromatic heterocycles. The Morgan fingerprint density at radius 3 is 2.69 bits per heavy atom. The quantitative estimate of drug-likeness (QED) is 0.411. The van der Waals surface area contributed by atoms with Gasteiger partial charge < -0.3 is 14.2 Å². The molecule has 12 heteroatoms. The summed E-state index contributed by atoms with van der Waals surface area (Å²) in [5.74, 6) is -0.628. The van der Waals surface area contributed by atoms with Crippen LogP contribution in [-0.2, 0) is 0 Å². The van der Waals surface area contributed by atoms with E-state index >= 15 is 0 Å². The number of hydrogen-bond acceptors (Lipinski definition) is 7. The first-order valence-corrected chi connectivity index (χ1v) is 10.8. The number of carbonyl (C=O) groups is 1. The smallest absolute Gasteiger partial charge is 0.405 e. The van der Waals surface area contributed by atoms with Gasteiger partial charge in [-0.15, -0.1) is 13.2 Å². The highest BCUT2D eigenvalue weighted by molar-refractivity contribution is 5.98. The maximum absolute atomic E-state index is 13.6. The van der Waals surface area contributed by atoms with Crippen LogP contribution in [0.1, 0.15) is 40.6 Å². The maximum atomic E-state index is 13.6. The molecule has 0 spiro atoms. The predicted molar refractivity (Wildman–Crippen MR) is 116 cm³/mol. The molecule has 180 valence electrons. The van der Waals surface area contributed by atoms with Crippen molar-refractivity contribution in [1.29, 1.82) is 0 Å². The van der Waals surface area contributed by atoms with Gasteiger partial charge in [0, 0.05) is 6.54 Å². The molecule has 0 aliphatic carbocycles. The Hall–Kier alpha value is -4.22. The average molecular weight is 484 g/mol. The second kappa shape index (κ2) is 8.85. The van der Waals surface area contributed by atoms with Crippen molar-refractivity contribution < 1.29 is 27.2 Å². The molecule has 1 atom stereocenters. The van der Waals surface area contributed by atoms with Crippen LogP contribution in [-0.4, -0.2) is 48.8 Å². The van der Waals surface area contributed by atoms with Crippen LogP contribution < -0.4 is 4.74 Å². The molecule has 3 heterocycles. The number of aromatic nitrogens is 5. The molecule has 0 saturated carbocycles. The Balaban J connectivity index is 1.45. The number of likely N-dealkylation sites (tertiary alicyclic amines) is 1.